The first-order chi connectivity index (χ1) is 9.97. The number of benzene rings is 2. The van der Waals surface area contributed by atoms with Crippen LogP contribution in [0.4, 0.5) is 4.39 Å². The molecule has 1 amide bonds. The van der Waals surface area contributed by atoms with Crippen LogP contribution < -0.4 is 5.32 Å². The lowest BCUT2D eigenvalue weighted by Crippen LogP contribution is -2.34. The summed E-state index contributed by atoms with van der Waals surface area (Å²) in [4.78, 5) is 12.2. The molecular weight excluding hydrogens is 289 g/mol. The lowest BCUT2D eigenvalue weighted by Gasteiger charge is -2.15. The Morgan fingerprint density at radius 2 is 2.00 bits per heavy atom. The Morgan fingerprint density at radius 1 is 1.29 bits per heavy atom. The SMILES string of the molecule is Cc1cc(F)ccc1C(=O)NC(C)Cc1ccccc1Cl. The van der Waals surface area contributed by atoms with Gasteiger partial charge < -0.3 is 5.32 Å². The van der Waals surface area contributed by atoms with Crippen molar-refractivity contribution in [2.75, 3.05) is 0 Å². The van der Waals surface area contributed by atoms with Crippen molar-refractivity contribution in [3.05, 3.63) is 70.0 Å². The molecule has 21 heavy (non-hydrogen) atoms. The van der Waals surface area contributed by atoms with E-state index in [1.165, 1.54) is 18.2 Å². The van der Waals surface area contributed by atoms with Crippen LogP contribution >= 0.6 is 11.6 Å². The van der Waals surface area contributed by atoms with E-state index in [1.54, 1.807) is 6.92 Å². The van der Waals surface area contributed by atoms with Crippen LogP contribution in [-0.4, -0.2) is 11.9 Å². The van der Waals surface area contributed by atoms with Gasteiger partial charge in [0.15, 0.2) is 0 Å². The van der Waals surface area contributed by atoms with Gasteiger partial charge in [0.2, 0.25) is 0 Å². The highest BCUT2D eigenvalue weighted by Gasteiger charge is 2.13. The van der Waals surface area contributed by atoms with Crippen LogP contribution in [0.25, 0.3) is 0 Å². The van der Waals surface area contributed by atoms with Crippen molar-refractivity contribution in [3.63, 3.8) is 0 Å². The number of hydrogen-bond donors (Lipinski definition) is 1. The molecule has 4 heteroatoms. The molecule has 0 heterocycles. The molecule has 0 aromatic heterocycles. The fourth-order valence-electron chi connectivity index (χ4n) is 2.23. The summed E-state index contributed by atoms with van der Waals surface area (Å²) in [5.41, 5.74) is 2.10. The Kier molecular flexibility index (Phi) is 4.97. The topological polar surface area (TPSA) is 29.1 Å². The van der Waals surface area contributed by atoms with Crippen molar-refractivity contribution >= 4 is 17.5 Å². The second-order valence-electron chi connectivity index (χ2n) is 5.13. The maximum absolute atomic E-state index is 13.1. The molecule has 1 unspecified atom stereocenters. The van der Waals surface area contributed by atoms with Gasteiger partial charge in [-0.3, -0.25) is 4.79 Å². The van der Waals surface area contributed by atoms with Gasteiger partial charge in [-0.05, 0) is 55.7 Å². The van der Waals surface area contributed by atoms with Crippen LogP contribution in [0.1, 0.15) is 28.4 Å². The number of carbonyl (C=O) groups excluding carboxylic acids is 1. The Labute approximate surface area is 128 Å². The fourth-order valence-corrected chi connectivity index (χ4v) is 2.44. The highest BCUT2D eigenvalue weighted by Crippen LogP contribution is 2.17. The average molecular weight is 306 g/mol. The van der Waals surface area contributed by atoms with E-state index < -0.39 is 0 Å². The third kappa shape index (κ3) is 4.05. The predicted molar refractivity (Wildman–Crippen MR) is 83.2 cm³/mol. The Hall–Kier alpha value is -1.87. The lowest BCUT2D eigenvalue weighted by atomic mass is 10.0. The first-order valence-electron chi connectivity index (χ1n) is 6.78. The summed E-state index contributed by atoms with van der Waals surface area (Å²) in [5, 5.41) is 3.60. The molecule has 2 aromatic carbocycles. The molecule has 0 saturated heterocycles. The minimum absolute atomic E-state index is 0.0677. The Morgan fingerprint density at radius 3 is 2.67 bits per heavy atom. The van der Waals surface area contributed by atoms with Crippen LogP contribution in [-0.2, 0) is 6.42 Å². The highest BCUT2D eigenvalue weighted by molar-refractivity contribution is 6.31. The van der Waals surface area contributed by atoms with E-state index in [2.05, 4.69) is 5.32 Å². The maximum atomic E-state index is 13.1. The molecule has 1 N–H and O–H groups in total. The molecule has 2 aromatic rings. The summed E-state index contributed by atoms with van der Waals surface area (Å²) >= 11 is 6.11. The van der Waals surface area contributed by atoms with Gasteiger partial charge in [0.05, 0.1) is 0 Å². The second-order valence-corrected chi connectivity index (χ2v) is 5.54. The van der Waals surface area contributed by atoms with Crippen molar-refractivity contribution in [3.8, 4) is 0 Å². The third-order valence-corrected chi connectivity index (χ3v) is 3.66. The molecule has 0 spiro atoms. The first-order valence-corrected chi connectivity index (χ1v) is 7.15. The quantitative estimate of drug-likeness (QED) is 0.903. The zero-order valence-corrected chi connectivity index (χ0v) is 12.7. The summed E-state index contributed by atoms with van der Waals surface area (Å²) in [6.07, 6.45) is 0.644. The molecule has 0 aliphatic carbocycles. The van der Waals surface area contributed by atoms with E-state index in [-0.39, 0.29) is 17.8 Å². The van der Waals surface area contributed by atoms with Gasteiger partial charge in [-0.15, -0.1) is 0 Å². The molecular formula is C17H17ClFNO. The molecule has 0 aliphatic rings. The minimum atomic E-state index is -0.340. The van der Waals surface area contributed by atoms with E-state index in [9.17, 15) is 9.18 Å². The van der Waals surface area contributed by atoms with Gasteiger partial charge in [-0.2, -0.15) is 0 Å². The average Bonchev–Trinajstić information content (AvgIpc) is 2.41. The number of nitrogens with one attached hydrogen (secondary N) is 1. The van der Waals surface area contributed by atoms with E-state index in [1.807, 2.05) is 31.2 Å². The monoisotopic (exact) mass is 305 g/mol. The molecule has 0 aliphatic heterocycles. The Bertz CT molecular complexity index is 657. The summed E-state index contributed by atoms with van der Waals surface area (Å²) in [6.45, 7) is 3.64. The van der Waals surface area contributed by atoms with Gasteiger partial charge in [0, 0.05) is 16.6 Å². The second kappa shape index (κ2) is 6.72. The van der Waals surface area contributed by atoms with E-state index in [0.29, 0.717) is 22.6 Å². The van der Waals surface area contributed by atoms with Crippen molar-refractivity contribution in [2.24, 2.45) is 0 Å². The number of halogens is 2. The number of amides is 1. The standard InChI is InChI=1S/C17H17ClFNO/c1-11-9-14(19)7-8-15(11)17(21)20-12(2)10-13-5-3-4-6-16(13)18/h3-9,12H,10H2,1-2H3,(H,20,21). The minimum Gasteiger partial charge on any atom is -0.349 e. The van der Waals surface area contributed by atoms with E-state index in [4.69, 9.17) is 11.6 Å². The van der Waals surface area contributed by atoms with E-state index >= 15 is 0 Å². The first kappa shape index (κ1) is 15.5. The van der Waals surface area contributed by atoms with Crippen molar-refractivity contribution in [1.82, 2.24) is 5.32 Å². The lowest BCUT2D eigenvalue weighted by molar-refractivity contribution is 0.0939. The third-order valence-electron chi connectivity index (χ3n) is 3.29. The number of rotatable bonds is 4. The molecule has 2 nitrogen and oxygen atoms in total. The molecule has 2 rings (SSSR count). The summed E-state index contributed by atoms with van der Waals surface area (Å²) in [7, 11) is 0. The van der Waals surface area contributed by atoms with Crippen LogP contribution in [0, 0.1) is 12.7 Å². The van der Waals surface area contributed by atoms with Crippen LogP contribution in [0.5, 0.6) is 0 Å². The zero-order chi connectivity index (χ0) is 15.4. The van der Waals surface area contributed by atoms with Crippen molar-refractivity contribution in [1.29, 1.82) is 0 Å². The van der Waals surface area contributed by atoms with Gasteiger partial charge in [0.1, 0.15) is 5.82 Å². The molecule has 0 saturated carbocycles. The van der Waals surface area contributed by atoms with Gasteiger partial charge in [-0.25, -0.2) is 4.39 Å². The highest BCUT2D eigenvalue weighted by atomic mass is 35.5. The number of aryl methyl sites for hydroxylation is 1. The smallest absolute Gasteiger partial charge is 0.251 e. The normalized spacial score (nSPS) is 12.0. The number of hydrogen-bond acceptors (Lipinski definition) is 1. The van der Waals surface area contributed by atoms with E-state index in [0.717, 1.165) is 5.56 Å². The zero-order valence-electron chi connectivity index (χ0n) is 12.0. The molecule has 0 fully saturated rings. The summed E-state index contributed by atoms with van der Waals surface area (Å²) in [6, 6.07) is 11.6. The number of carbonyl (C=O) groups is 1. The maximum Gasteiger partial charge on any atom is 0.251 e. The summed E-state index contributed by atoms with van der Waals surface area (Å²) < 4.78 is 13.1. The van der Waals surface area contributed by atoms with Gasteiger partial charge >= 0.3 is 0 Å². The van der Waals surface area contributed by atoms with Crippen molar-refractivity contribution in [2.45, 2.75) is 26.3 Å². The summed E-state index contributed by atoms with van der Waals surface area (Å²) in [5.74, 6) is -0.541. The van der Waals surface area contributed by atoms with Gasteiger partial charge in [0.25, 0.3) is 5.91 Å². The largest absolute Gasteiger partial charge is 0.349 e. The molecule has 0 radical (unpaired) electrons. The predicted octanol–water partition coefficient (Wildman–Crippen LogP) is 4.15. The molecule has 110 valence electrons. The van der Waals surface area contributed by atoms with Crippen LogP contribution in [0.3, 0.4) is 0 Å². The fraction of sp³-hybridized carbons (Fsp3) is 0.235. The van der Waals surface area contributed by atoms with Crippen molar-refractivity contribution < 1.29 is 9.18 Å². The molecule has 0 bridgehead atoms. The Balaban J connectivity index is 2.04. The van der Waals surface area contributed by atoms with Crippen LogP contribution in [0.15, 0.2) is 42.5 Å². The van der Waals surface area contributed by atoms with Gasteiger partial charge in [-0.1, -0.05) is 29.8 Å². The molecule has 1 atom stereocenters. The van der Waals surface area contributed by atoms with Crippen LogP contribution in [0.2, 0.25) is 5.02 Å².